The highest BCUT2D eigenvalue weighted by Gasteiger charge is 2.19. The zero-order chi connectivity index (χ0) is 12.5. The van der Waals surface area contributed by atoms with Gasteiger partial charge in [-0.25, -0.2) is 0 Å². The molecule has 1 fully saturated rings. The molecule has 0 aromatic carbocycles. The van der Waals surface area contributed by atoms with Crippen molar-refractivity contribution in [1.29, 1.82) is 0 Å². The van der Waals surface area contributed by atoms with Crippen LogP contribution >= 0.6 is 0 Å². The van der Waals surface area contributed by atoms with Crippen molar-refractivity contribution in [3.8, 4) is 0 Å². The fourth-order valence-electron chi connectivity index (χ4n) is 2.90. The van der Waals surface area contributed by atoms with Crippen LogP contribution in [-0.2, 0) is 0 Å². The maximum Gasteiger partial charge on any atom is 0.00669 e. The molecule has 0 aromatic rings. The van der Waals surface area contributed by atoms with Gasteiger partial charge in [0.15, 0.2) is 0 Å². The molecule has 2 unspecified atom stereocenters. The third kappa shape index (κ3) is 5.87. The lowest BCUT2D eigenvalue weighted by atomic mass is 9.98. The largest absolute Gasteiger partial charge is 0.316 e. The van der Waals surface area contributed by atoms with Crippen molar-refractivity contribution in [2.75, 3.05) is 26.2 Å². The Kier molecular flexibility index (Phi) is 7.87. The number of rotatable bonds is 8. The van der Waals surface area contributed by atoms with Crippen LogP contribution in [0.15, 0.2) is 0 Å². The Morgan fingerprint density at radius 2 is 2.12 bits per heavy atom. The highest BCUT2D eigenvalue weighted by atomic mass is 15.1. The molecule has 0 saturated carbocycles. The molecule has 1 aliphatic heterocycles. The third-order valence-electron chi connectivity index (χ3n) is 4.15. The van der Waals surface area contributed by atoms with Gasteiger partial charge >= 0.3 is 0 Å². The van der Waals surface area contributed by atoms with E-state index < -0.39 is 0 Å². The molecular weight excluding hydrogens is 208 g/mol. The third-order valence-corrected chi connectivity index (χ3v) is 4.15. The molecule has 0 radical (unpaired) electrons. The van der Waals surface area contributed by atoms with Crippen LogP contribution in [0.1, 0.15) is 59.3 Å². The molecule has 0 aromatic heterocycles. The molecule has 2 atom stereocenters. The summed E-state index contributed by atoms with van der Waals surface area (Å²) in [6.45, 7) is 12.0. The summed E-state index contributed by atoms with van der Waals surface area (Å²) in [6, 6.07) is 0.772. The Morgan fingerprint density at radius 3 is 2.71 bits per heavy atom. The molecule has 2 nitrogen and oxygen atoms in total. The lowest BCUT2D eigenvalue weighted by Crippen LogP contribution is -2.41. The van der Waals surface area contributed by atoms with Crippen LogP contribution in [0.3, 0.4) is 0 Å². The Labute approximate surface area is 108 Å². The molecule has 1 saturated heterocycles. The second-order valence-corrected chi connectivity index (χ2v) is 5.64. The number of hydrogen-bond acceptors (Lipinski definition) is 2. The molecule has 17 heavy (non-hydrogen) atoms. The monoisotopic (exact) mass is 240 g/mol. The van der Waals surface area contributed by atoms with E-state index in [1.807, 2.05) is 0 Å². The van der Waals surface area contributed by atoms with Gasteiger partial charge in [0.05, 0.1) is 0 Å². The van der Waals surface area contributed by atoms with Gasteiger partial charge in [0.2, 0.25) is 0 Å². The smallest absolute Gasteiger partial charge is 0.00669 e. The fourth-order valence-corrected chi connectivity index (χ4v) is 2.90. The number of unbranched alkanes of at least 4 members (excludes halogenated alkanes) is 2. The molecule has 102 valence electrons. The van der Waals surface area contributed by atoms with E-state index in [1.165, 1.54) is 64.7 Å². The van der Waals surface area contributed by atoms with Gasteiger partial charge in [0.1, 0.15) is 0 Å². The first kappa shape index (κ1) is 15.0. The minimum Gasteiger partial charge on any atom is -0.316 e. The second-order valence-electron chi connectivity index (χ2n) is 5.64. The maximum absolute atomic E-state index is 3.53. The normalized spacial score (nSPS) is 22.9. The van der Waals surface area contributed by atoms with E-state index in [4.69, 9.17) is 0 Å². The summed E-state index contributed by atoms with van der Waals surface area (Å²) in [7, 11) is 0. The molecule has 0 bridgehead atoms. The summed E-state index contributed by atoms with van der Waals surface area (Å²) in [5.41, 5.74) is 0. The zero-order valence-corrected chi connectivity index (χ0v) is 12.2. The SMILES string of the molecule is CCCCCC(C)N(CC)CC1CCCNC1. The van der Waals surface area contributed by atoms with E-state index in [-0.39, 0.29) is 0 Å². The van der Waals surface area contributed by atoms with Crippen molar-refractivity contribution in [3.63, 3.8) is 0 Å². The second kappa shape index (κ2) is 8.93. The summed E-state index contributed by atoms with van der Waals surface area (Å²) >= 11 is 0. The lowest BCUT2D eigenvalue weighted by molar-refractivity contribution is 0.161. The average molecular weight is 240 g/mol. The average Bonchev–Trinajstić information content (AvgIpc) is 2.37. The quantitative estimate of drug-likeness (QED) is 0.655. The standard InChI is InChI=1S/C15H32N2/c1-4-6-7-9-14(3)17(5-2)13-15-10-8-11-16-12-15/h14-16H,4-13H2,1-3H3. The van der Waals surface area contributed by atoms with Gasteiger partial charge in [-0.15, -0.1) is 0 Å². The van der Waals surface area contributed by atoms with Crippen LogP contribution in [0.25, 0.3) is 0 Å². The Morgan fingerprint density at radius 1 is 1.29 bits per heavy atom. The predicted molar refractivity (Wildman–Crippen MR) is 76.4 cm³/mol. The molecule has 1 N–H and O–H groups in total. The molecule has 0 spiro atoms. The van der Waals surface area contributed by atoms with Crippen molar-refractivity contribution >= 4 is 0 Å². The van der Waals surface area contributed by atoms with Crippen LogP contribution in [0.2, 0.25) is 0 Å². The van der Waals surface area contributed by atoms with E-state index in [2.05, 4.69) is 31.0 Å². The van der Waals surface area contributed by atoms with Gasteiger partial charge in [-0.2, -0.15) is 0 Å². The highest BCUT2D eigenvalue weighted by molar-refractivity contribution is 4.75. The Hall–Kier alpha value is -0.0800. The van der Waals surface area contributed by atoms with Crippen LogP contribution in [0, 0.1) is 5.92 Å². The van der Waals surface area contributed by atoms with Gasteiger partial charge < -0.3 is 10.2 Å². The number of hydrogen-bond donors (Lipinski definition) is 1. The van der Waals surface area contributed by atoms with Gasteiger partial charge in [0, 0.05) is 12.6 Å². The molecule has 0 amide bonds. The minimum absolute atomic E-state index is 0.772. The summed E-state index contributed by atoms with van der Waals surface area (Å²) in [5.74, 6) is 0.886. The van der Waals surface area contributed by atoms with Crippen molar-refractivity contribution in [3.05, 3.63) is 0 Å². The highest BCUT2D eigenvalue weighted by Crippen LogP contribution is 2.16. The first-order valence-corrected chi connectivity index (χ1v) is 7.72. The molecule has 0 aliphatic carbocycles. The van der Waals surface area contributed by atoms with Crippen molar-refractivity contribution in [2.45, 2.75) is 65.3 Å². The van der Waals surface area contributed by atoms with Gasteiger partial charge in [-0.3, -0.25) is 0 Å². The van der Waals surface area contributed by atoms with Crippen LogP contribution in [-0.4, -0.2) is 37.1 Å². The summed E-state index contributed by atoms with van der Waals surface area (Å²) in [4.78, 5) is 2.69. The number of piperidine rings is 1. The Balaban J connectivity index is 2.25. The maximum atomic E-state index is 3.53. The number of nitrogens with zero attached hydrogens (tertiary/aromatic N) is 1. The molecular formula is C15H32N2. The van der Waals surface area contributed by atoms with Crippen LogP contribution < -0.4 is 5.32 Å². The summed E-state index contributed by atoms with van der Waals surface area (Å²) in [6.07, 6.45) is 8.30. The zero-order valence-electron chi connectivity index (χ0n) is 12.2. The van der Waals surface area contributed by atoms with E-state index in [1.54, 1.807) is 0 Å². The van der Waals surface area contributed by atoms with E-state index >= 15 is 0 Å². The van der Waals surface area contributed by atoms with E-state index in [9.17, 15) is 0 Å². The van der Waals surface area contributed by atoms with Crippen LogP contribution in [0.5, 0.6) is 0 Å². The van der Waals surface area contributed by atoms with Crippen molar-refractivity contribution in [2.24, 2.45) is 5.92 Å². The molecule has 1 heterocycles. The van der Waals surface area contributed by atoms with Gasteiger partial charge in [0.25, 0.3) is 0 Å². The lowest BCUT2D eigenvalue weighted by Gasteiger charge is -2.33. The molecule has 2 heteroatoms. The predicted octanol–water partition coefficient (Wildman–Crippen LogP) is 3.28. The van der Waals surface area contributed by atoms with Crippen LogP contribution in [0.4, 0.5) is 0 Å². The van der Waals surface area contributed by atoms with Crippen molar-refractivity contribution < 1.29 is 0 Å². The first-order valence-electron chi connectivity index (χ1n) is 7.72. The number of nitrogens with one attached hydrogen (secondary N) is 1. The Bertz CT molecular complexity index is 176. The fraction of sp³-hybridized carbons (Fsp3) is 1.00. The van der Waals surface area contributed by atoms with Gasteiger partial charge in [-0.05, 0) is 51.7 Å². The van der Waals surface area contributed by atoms with Crippen molar-refractivity contribution in [1.82, 2.24) is 10.2 Å². The van der Waals surface area contributed by atoms with E-state index in [0.717, 1.165) is 12.0 Å². The van der Waals surface area contributed by atoms with E-state index in [0.29, 0.717) is 0 Å². The summed E-state index contributed by atoms with van der Waals surface area (Å²) < 4.78 is 0. The minimum atomic E-state index is 0.772. The first-order chi connectivity index (χ1) is 8.27. The molecule has 1 aliphatic rings. The topological polar surface area (TPSA) is 15.3 Å². The summed E-state index contributed by atoms with van der Waals surface area (Å²) in [5, 5.41) is 3.53. The van der Waals surface area contributed by atoms with Gasteiger partial charge in [-0.1, -0.05) is 33.1 Å². The molecule has 1 rings (SSSR count).